The third kappa shape index (κ3) is 3.93. The van der Waals surface area contributed by atoms with Crippen molar-refractivity contribution in [2.45, 2.75) is 74.5 Å². The van der Waals surface area contributed by atoms with Crippen LogP contribution in [0.15, 0.2) is 24.3 Å². The van der Waals surface area contributed by atoms with Gasteiger partial charge in [-0.25, -0.2) is 0 Å². The number of esters is 1. The molecule has 0 aromatic heterocycles. The van der Waals surface area contributed by atoms with Crippen LogP contribution in [-0.2, 0) is 19.1 Å². The number of aliphatic hydroxyl groups excluding tert-OH is 1. The molecule has 2 amide bonds. The van der Waals surface area contributed by atoms with Crippen molar-refractivity contribution in [3.63, 3.8) is 0 Å². The number of cyclic esters (lactones) is 1. The van der Waals surface area contributed by atoms with Crippen LogP contribution in [0.4, 0.5) is 0 Å². The van der Waals surface area contributed by atoms with Gasteiger partial charge in [0.25, 0.3) is 0 Å². The van der Waals surface area contributed by atoms with Gasteiger partial charge in [0, 0.05) is 30.5 Å². The maximum absolute atomic E-state index is 14.1. The van der Waals surface area contributed by atoms with Gasteiger partial charge in [0.1, 0.15) is 6.04 Å². The maximum atomic E-state index is 14.1. The van der Waals surface area contributed by atoms with E-state index >= 15 is 0 Å². The minimum atomic E-state index is -0.841. The van der Waals surface area contributed by atoms with E-state index in [9.17, 15) is 19.5 Å². The Balaban J connectivity index is 1.83. The number of carbonyl (C=O) groups is 3. The number of fused-ring (bicyclic) bond motifs is 2. The minimum Gasteiger partial charge on any atom is -0.465 e. The normalized spacial score (nSPS) is 37.9. The number of aliphatic hydroxyl groups is 1. The van der Waals surface area contributed by atoms with Crippen molar-refractivity contribution < 1.29 is 24.2 Å². The summed E-state index contributed by atoms with van der Waals surface area (Å²) in [7, 11) is 0. The van der Waals surface area contributed by atoms with E-state index in [2.05, 4.69) is 26.0 Å². The van der Waals surface area contributed by atoms with Crippen LogP contribution in [0.3, 0.4) is 0 Å². The molecule has 0 aromatic carbocycles. The van der Waals surface area contributed by atoms with Crippen LogP contribution in [-0.4, -0.2) is 80.6 Å². The van der Waals surface area contributed by atoms with Gasteiger partial charge in [-0.15, -0.1) is 11.8 Å². The molecule has 4 aliphatic rings. The van der Waals surface area contributed by atoms with E-state index in [-0.39, 0.29) is 30.4 Å². The molecule has 6 atom stereocenters. The fourth-order valence-electron chi connectivity index (χ4n) is 6.10. The van der Waals surface area contributed by atoms with Crippen molar-refractivity contribution >= 4 is 29.5 Å². The summed E-state index contributed by atoms with van der Waals surface area (Å²) in [5.41, 5.74) is 0. The highest BCUT2D eigenvalue weighted by Crippen LogP contribution is 2.65. The molecule has 0 bridgehead atoms. The van der Waals surface area contributed by atoms with Gasteiger partial charge >= 0.3 is 5.97 Å². The number of hydrogen-bond donors (Lipinski definition) is 1. The van der Waals surface area contributed by atoms with Gasteiger partial charge in [0.2, 0.25) is 11.8 Å². The molecule has 33 heavy (non-hydrogen) atoms. The molecule has 0 aromatic rings. The SMILES string of the molecule is CCCC(C)N1CC=C[C@]23S[C@@]4(C)/C=C\CCCOC(=O)[C@H]4[C@H]2C(=O)N(CCCO)C3C1=O. The van der Waals surface area contributed by atoms with Gasteiger partial charge in [-0.05, 0) is 39.5 Å². The van der Waals surface area contributed by atoms with E-state index in [4.69, 9.17) is 4.74 Å². The Morgan fingerprint density at radius 2 is 2.00 bits per heavy atom. The highest BCUT2D eigenvalue weighted by molar-refractivity contribution is 8.02. The molecule has 2 fully saturated rings. The van der Waals surface area contributed by atoms with Crippen molar-refractivity contribution in [1.82, 2.24) is 9.80 Å². The topological polar surface area (TPSA) is 87.2 Å². The molecule has 0 saturated carbocycles. The van der Waals surface area contributed by atoms with Crippen LogP contribution < -0.4 is 0 Å². The van der Waals surface area contributed by atoms with Crippen molar-refractivity contribution in [3.8, 4) is 0 Å². The van der Waals surface area contributed by atoms with Crippen molar-refractivity contribution in [2.24, 2.45) is 11.8 Å². The van der Waals surface area contributed by atoms with Crippen molar-refractivity contribution in [1.29, 1.82) is 0 Å². The Labute approximate surface area is 200 Å². The lowest BCUT2D eigenvalue weighted by Crippen LogP contribution is -2.55. The molecule has 4 heterocycles. The number of thioether (sulfide) groups is 1. The monoisotopic (exact) mass is 476 g/mol. The predicted octanol–water partition coefficient (Wildman–Crippen LogP) is 2.54. The summed E-state index contributed by atoms with van der Waals surface area (Å²) in [6.07, 6.45) is 12.0. The van der Waals surface area contributed by atoms with Gasteiger partial charge in [-0.1, -0.05) is 37.6 Å². The lowest BCUT2D eigenvalue weighted by Gasteiger charge is -2.38. The molecule has 4 aliphatic heterocycles. The van der Waals surface area contributed by atoms with Gasteiger partial charge < -0.3 is 19.6 Å². The fourth-order valence-corrected chi connectivity index (χ4v) is 8.26. The third-order valence-corrected chi connectivity index (χ3v) is 9.37. The zero-order valence-electron chi connectivity index (χ0n) is 19.9. The van der Waals surface area contributed by atoms with Gasteiger partial charge in [0.15, 0.2) is 0 Å². The van der Waals surface area contributed by atoms with Crippen molar-refractivity contribution in [2.75, 3.05) is 26.3 Å². The van der Waals surface area contributed by atoms with Crippen LogP contribution in [0, 0.1) is 11.8 Å². The average molecular weight is 477 g/mol. The summed E-state index contributed by atoms with van der Waals surface area (Å²) in [5.74, 6) is -1.93. The van der Waals surface area contributed by atoms with E-state index < -0.39 is 27.4 Å². The van der Waals surface area contributed by atoms with Gasteiger partial charge in [-0.3, -0.25) is 14.4 Å². The average Bonchev–Trinajstić information content (AvgIpc) is 3.11. The lowest BCUT2D eigenvalue weighted by atomic mass is 9.74. The Morgan fingerprint density at radius 1 is 1.21 bits per heavy atom. The second kappa shape index (κ2) is 9.45. The smallest absolute Gasteiger partial charge is 0.311 e. The number of amides is 2. The predicted molar refractivity (Wildman–Crippen MR) is 127 cm³/mol. The molecule has 7 nitrogen and oxygen atoms in total. The quantitative estimate of drug-likeness (QED) is 0.468. The van der Waals surface area contributed by atoms with Gasteiger partial charge in [0.05, 0.1) is 23.2 Å². The zero-order chi connectivity index (χ0) is 23.8. The maximum Gasteiger partial charge on any atom is 0.311 e. The Bertz CT molecular complexity index is 860. The first-order chi connectivity index (χ1) is 15.8. The first kappa shape index (κ1) is 24.3. The molecule has 0 aliphatic carbocycles. The van der Waals surface area contributed by atoms with E-state index in [1.54, 1.807) is 16.7 Å². The van der Waals surface area contributed by atoms with Crippen LogP contribution in [0.25, 0.3) is 0 Å². The fraction of sp³-hybridized carbons (Fsp3) is 0.720. The third-order valence-electron chi connectivity index (χ3n) is 7.58. The minimum absolute atomic E-state index is 0.0557. The summed E-state index contributed by atoms with van der Waals surface area (Å²) < 4.78 is 4.14. The zero-order valence-corrected chi connectivity index (χ0v) is 20.7. The van der Waals surface area contributed by atoms with E-state index in [1.807, 2.05) is 24.0 Å². The second-order valence-electron chi connectivity index (χ2n) is 9.85. The molecular formula is C25H36N2O5S. The van der Waals surface area contributed by atoms with E-state index in [0.717, 1.165) is 25.7 Å². The van der Waals surface area contributed by atoms with Crippen LogP contribution in [0.5, 0.6) is 0 Å². The first-order valence-corrected chi connectivity index (χ1v) is 13.1. The van der Waals surface area contributed by atoms with Crippen LogP contribution >= 0.6 is 11.8 Å². The summed E-state index contributed by atoms with van der Waals surface area (Å²) in [4.78, 5) is 44.8. The summed E-state index contributed by atoms with van der Waals surface area (Å²) in [6, 6.07) is -0.641. The Hall–Kier alpha value is -1.80. The van der Waals surface area contributed by atoms with E-state index in [0.29, 0.717) is 26.1 Å². The number of nitrogens with zero attached hydrogens (tertiary/aromatic N) is 2. The second-order valence-corrected chi connectivity index (χ2v) is 11.6. The molecule has 8 heteroatoms. The summed E-state index contributed by atoms with van der Waals surface area (Å²) >= 11 is 1.57. The molecular weight excluding hydrogens is 440 g/mol. The standard InChI is InChI=1S/C25H36N2O5S/c1-4-10-17(2)26-13-8-12-25-18(21(29)27(14-9-15-28)20(25)22(26)30)19-23(31)32-16-7-5-6-11-24(19,3)33-25/h6,8,11-12,17-20,28H,4-5,7,9-10,13-16H2,1-3H3/b11-6-/t17?,18-,19+,20?,24-,25-/m0/s1. The molecule has 1 spiro atoms. The highest BCUT2D eigenvalue weighted by Gasteiger charge is 2.73. The Morgan fingerprint density at radius 3 is 2.73 bits per heavy atom. The molecule has 2 unspecified atom stereocenters. The number of rotatable bonds is 6. The van der Waals surface area contributed by atoms with Crippen LogP contribution in [0.1, 0.15) is 52.9 Å². The Kier molecular flexibility index (Phi) is 6.97. The van der Waals surface area contributed by atoms with Crippen molar-refractivity contribution in [3.05, 3.63) is 24.3 Å². The molecule has 182 valence electrons. The first-order valence-electron chi connectivity index (χ1n) is 12.2. The number of hydrogen-bond acceptors (Lipinski definition) is 6. The summed E-state index contributed by atoms with van der Waals surface area (Å²) in [6.45, 7) is 7.22. The summed E-state index contributed by atoms with van der Waals surface area (Å²) in [5, 5.41) is 9.48. The number of ether oxygens (including phenoxy) is 1. The number of allylic oxidation sites excluding steroid dienone is 1. The number of carbonyl (C=O) groups excluding carboxylic acids is 3. The highest BCUT2D eigenvalue weighted by atomic mass is 32.2. The van der Waals surface area contributed by atoms with Gasteiger partial charge in [-0.2, -0.15) is 0 Å². The molecule has 4 rings (SSSR count). The molecule has 0 radical (unpaired) electrons. The molecule has 2 saturated heterocycles. The van der Waals surface area contributed by atoms with Crippen LogP contribution in [0.2, 0.25) is 0 Å². The number of likely N-dealkylation sites (tertiary alicyclic amines) is 1. The molecule has 1 N–H and O–H groups in total. The largest absolute Gasteiger partial charge is 0.465 e. The lowest BCUT2D eigenvalue weighted by molar-refractivity contribution is -0.154. The van der Waals surface area contributed by atoms with E-state index in [1.165, 1.54) is 0 Å².